The van der Waals surface area contributed by atoms with Crippen molar-refractivity contribution in [2.75, 3.05) is 19.6 Å². The molecule has 1 aromatic heterocycles. The first-order valence-corrected chi connectivity index (χ1v) is 12.0. The van der Waals surface area contributed by atoms with Crippen LogP contribution < -0.4 is 0 Å². The summed E-state index contributed by atoms with van der Waals surface area (Å²) in [6, 6.07) is 7.14. The van der Waals surface area contributed by atoms with Crippen molar-refractivity contribution in [3.8, 4) is 11.3 Å². The van der Waals surface area contributed by atoms with E-state index < -0.39 is 0 Å². The second-order valence-corrected chi connectivity index (χ2v) is 11.1. The Bertz CT molecular complexity index is 825. The van der Waals surface area contributed by atoms with E-state index in [4.69, 9.17) is 4.98 Å². The van der Waals surface area contributed by atoms with E-state index in [-0.39, 0.29) is 10.8 Å². The third-order valence-electron chi connectivity index (χ3n) is 7.15. The number of fused-ring (bicyclic) bond motifs is 1. The minimum atomic E-state index is 0.256. The minimum absolute atomic E-state index is 0.256. The fourth-order valence-corrected chi connectivity index (χ4v) is 6.08. The maximum atomic E-state index is 5.11. The van der Waals surface area contributed by atoms with Gasteiger partial charge in [-0.1, -0.05) is 46.8 Å². The van der Waals surface area contributed by atoms with E-state index in [9.17, 15) is 0 Å². The highest BCUT2D eigenvalue weighted by Crippen LogP contribution is 2.47. The van der Waals surface area contributed by atoms with Gasteiger partial charge in [-0.05, 0) is 79.8 Å². The highest BCUT2D eigenvalue weighted by atomic mass is 32.1. The molecule has 1 fully saturated rings. The Morgan fingerprint density at radius 1 is 1.04 bits per heavy atom. The standard InChI is InChI=1S/C25H36N2S/c1-6-13-27-14-9-18(10-15-27)23-26-22(17-28-23)19-7-8-20-21(16-19)25(4,5)12-11-24(20,2)3/h7-8,16-18H,6,9-15H2,1-5H3. The largest absolute Gasteiger partial charge is 0.303 e. The molecule has 28 heavy (non-hydrogen) atoms. The summed E-state index contributed by atoms with van der Waals surface area (Å²) < 4.78 is 0. The Balaban J connectivity index is 1.57. The zero-order valence-corrected chi connectivity index (χ0v) is 19.2. The number of rotatable bonds is 4. The molecule has 4 rings (SSSR count). The third kappa shape index (κ3) is 3.80. The summed E-state index contributed by atoms with van der Waals surface area (Å²) in [6.07, 6.45) is 6.31. The van der Waals surface area contributed by atoms with Gasteiger partial charge in [0.25, 0.3) is 0 Å². The van der Waals surface area contributed by atoms with Crippen LogP contribution in [0.1, 0.15) is 88.8 Å². The molecule has 0 amide bonds. The topological polar surface area (TPSA) is 16.1 Å². The Labute approximate surface area is 175 Å². The lowest BCUT2D eigenvalue weighted by atomic mass is 9.63. The summed E-state index contributed by atoms with van der Waals surface area (Å²) in [7, 11) is 0. The van der Waals surface area contributed by atoms with Gasteiger partial charge < -0.3 is 4.90 Å². The van der Waals surface area contributed by atoms with Crippen LogP contribution in [0, 0.1) is 0 Å². The smallest absolute Gasteiger partial charge is 0.0964 e. The van der Waals surface area contributed by atoms with E-state index in [1.54, 1.807) is 0 Å². The molecule has 0 radical (unpaired) electrons. The van der Waals surface area contributed by atoms with Gasteiger partial charge in [-0.15, -0.1) is 11.3 Å². The van der Waals surface area contributed by atoms with E-state index in [2.05, 4.69) is 63.1 Å². The summed E-state index contributed by atoms with van der Waals surface area (Å²) in [4.78, 5) is 7.72. The van der Waals surface area contributed by atoms with Crippen molar-refractivity contribution < 1.29 is 0 Å². The molecule has 0 bridgehead atoms. The number of hydrogen-bond donors (Lipinski definition) is 0. The van der Waals surface area contributed by atoms with Gasteiger partial charge >= 0.3 is 0 Å². The molecule has 2 aliphatic rings. The molecule has 3 heteroatoms. The number of likely N-dealkylation sites (tertiary alicyclic amines) is 1. The Kier molecular flexibility index (Phi) is 5.43. The Morgan fingerprint density at radius 3 is 2.39 bits per heavy atom. The normalized spacial score (nSPS) is 22.2. The highest BCUT2D eigenvalue weighted by Gasteiger charge is 2.37. The van der Waals surface area contributed by atoms with Crippen LogP contribution in [-0.4, -0.2) is 29.5 Å². The van der Waals surface area contributed by atoms with Crippen LogP contribution in [0.2, 0.25) is 0 Å². The maximum Gasteiger partial charge on any atom is 0.0964 e. The second kappa shape index (κ2) is 7.57. The molecule has 2 nitrogen and oxygen atoms in total. The van der Waals surface area contributed by atoms with E-state index in [0.29, 0.717) is 5.92 Å². The van der Waals surface area contributed by atoms with Gasteiger partial charge in [-0.3, -0.25) is 0 Å². The monoisotopic (exact) mass is 396 g/mol. The predicted octanol–water partition coefficient (Wildman–Crippen LogP) is 6.75. The number of hydrogen-bond acceptors (Lipinski definition) is 3. The van der Waals surface area contributed by atoms with Crippen molar-refractivity contribution in [1.29, 1.82) is 0 Å². The molecule has 0 unspecified atom stereocenters. The highest BCUT2D eigenvalue weighted by molar-refractivity contribution is 7.10. The number of aromatic nitrogens is 1. The number of piperidine rings is 1. The lowest BCUT2D eigenvalue weighted by Crippen LogP contribution is -2.33. The van der Waals surface area contributed by atoms with Crippen LogP contribution in [0.5, 0.6) is 0 Å². The molecular formula is C25H36N2S. The van der Waals surface area contributed by atoms with Crippen molar-refractivity contribution in [1.82, 2.24) is 9.88 Å². The van der Waals surface area contributed by atoms with Crippen molar-refractivity contribution in [3.63, 3.8) is 0 Å². The summed E-state index contributed by atoms with van der Waals surface area (Å²) in [5, 5.41) is 3.64. The van der Waals surface area contributed by atoms with Gasteiger partial charge in [0.15, 0.2) is 0 Å². The van der Waals surface area contributed by atoms with Crippen LogP contribution in [0.4, 0.5) is 0 Å². The first-order chi connectivity index (χ1) is 13.3. The van der Waals surface area contributed by atoms with Crippen LogP contribution >= 0.6 is 11.3 Å². The second-order valence-electron chi connectivity index (χ2n) is 10.2. The van der Waals surface area contributed by atoms with Crippen LogP contribution in [-0.2, 0) is 10.8 Å². The third-order valence-corrected chi connectivity index (χ3v) is 8.15. The molecule has 0 N–H and O–H groups in total. The summed E-state index contributed by atoms with van der Waals surface area (Å²) in [6.45, 7) is 15.6. The van der Waals surface area contributed by atoms with E-state index in [0.717, 1.165) is 0 Å². The molecule has 2 heterocycles. The molecule has 0 saturated carbocycles. The van der Waals surface area contributed by atoms with Crippen LogP contribution in [0.3, 0.4) is 0 Å². The molecule has 1 aliphatic heterocycles. The van der Waals surface area contributed by atoms with Gasteiger partial charge in [0.05, 0.1) is 10.7 Å². The zero-order chi connectivity index (χ0) is 19.9. The first kappa shape index (κ1) is 20.1. The van der Waals surface area contributed by atoms with Gasteiger partial charge in [0.1, 0.15) is 0 Å². The van der Waals surface area contributed by atoms with Crippen LogP contribution in [0.25, 0.3) is 11.3 Å². The van der Waals surface area contributed by atoms with E-state index in [1.807, 2.05) is 11.3 Å². The Hall–Kier alpha value is -1.19. The first-order valence-electron chi connectivity index (χ1n) is 11.1. The van der Waals surface area contributed by atoms with Gasteiger partial charge in [-0.2, -0.15) is 0 Å². The average molecular weight is 397 g/mol. The summed E-state index contributed by atoms with van der Waals surface area (Å²) >= 11 is 1.87. The fraction of sp³-hybridized carbons (Fsp3) is 0.640. The van der Waals surface area contributed by atoms with E-state index >= 15 is 0 Å². The lowest BCUT2D eigenvalue weighted by molar-refractivity contribution is 0.212. The maximum absolute atomic E-state index is 5.11. The van der Waals surface area contributed by atoms with Gasteiger partial charge in [0.2, 0.25) is 0 Å². The number of thiazole rings is 1. The lowest BCUT2D eigenvalue weighted by Gasteiger charge is -2.42. The predicted molar refractivity (Wildman–Crippen MR) is 122 cm³/mol. The molecule has 1 aliphatic carbocycles. The fourth-order valence-electron chi connectivity index (χ4n) is 5.08. The van der Waals surface area contributed by atoms with Crippen molar-refractivity contribution in [3.05, 3.63) is 39.7 Å². The molecule has 1 aromatic carbocycles. The van der Waals surface area contributed by atoms with Crippen molar-refractivity contribution in [2.45, 2.75) is 83.5 Å². The Morgan fingerprint density at radius 2 is 1.71 bits per heavy atom. The van der Waals surface area contributed by atoms with Crippen LogP contribution in [0.15, 0.2) is 23.6 Å². The average Bonchev–Trinajstić information content (AvgIpc) is 3.16. The van der Waals surface area contributed by atoms with Gasteiger partial charge in [-0.25, -0.2) is 4.98 Å². The molecule has 0 spiro atoms. The number of benzene rings is 1. The summed E-state index contributed by atoms with van der Waals surface area (Å²) in [5.74, 6) is 0.653. The van der Waals surface area contributed by atoms with Gasteiger partial charge in [0, 0.05) is 16.9 Å². The number of nitrogens with zero attached hydrogens (tertiary/aromatic N) is 2. The molecule has 152 valence electrons. The molecule has 0 atom stereocenters. The molecular weight excluding hydrogens is 360 g/mol. The molecule has 1 saturated heterocycles. The van der Waals surface area contributed by atoms with Crippen molar-refractivity contribution in [2.24, 2.45) is 0 Å². The minimum Gasteiger partial charge on any atom is -0.303 e. The quantitative estimate of drug-likeness (QED) is 0.568. The zero-order valence-electron chi connectivity index (χ0n) is 18.3. The summed E-state index contributed by atoms with van der Waals surface area (Å²) in [5.41, 5.74) is 6.08. The molecule has 2 aromatic rings. The van der Waals surface area contributed by atoms with Crippen molar-refractivity contribution >= 4 is 11.3 Å². The SMILES string of the molecule is CCCN1CCC(c2nc(-c3ccc4c(c3)C(C)(C)CCC4(C)C)cs2)CC1. The van der Waals surface area contributed by atoms with E-state index in [1.165, 1.54) is 79.1 Å².